The van der Waals surface area contributed by atoms with Crippen LogP contribution in [0, 0.1) is 0 Å². The van der Waals surface area contributed by atoms with E-state index >= 15 is 0 Å². The lowest BCUT2D eigenvalue weighted by molar-refractivity contribution is -0.121. The van der Waals surface area contributed by atoms with Gasteiger partial charge in [0.2, 0.25) is 5.91 Å². The highest BCUT2D eigenvalue weighted by Crippen LogP contribution is 1.93. The van der Waals surface area contributed by atoms with E-state index in [0.717, 1.165) is 5.70 Å². The van der Waals surface area contributed by atoms with Gasteiger partial charge >= 0.3 is 0 Å². The summed E-state index contributed by atoms with van der Waals surface area (Å²) in [4.78, 5) is 11.5. The van der Waals surface area contributed by atoms with Crippen LogP contribution in [0.3, 0.4) is 0 Å². The fraction of sp³-hybridized carbons (Fsp3) is 0.615. The molecule has 17 heavy (non-hydrogen) atoms. The van der Waals surface area contributed by atoms with E-state index in [1.54, 1.807) is 0 Å². The van der Waals surface area contributed by atoms with Crippen molar-refractivity contribution in [2.45, 2.75) is 27.2 Å². The summed E-state index contributed by atoms with van der Waals surface area (Å²) in [7, 11) is 0. The molecule has 1 N–H and O–H groups in total. The van der Waals surface area contributed by atoms with Crippen molar-refractivity contribution in [1.82, 2.24) is 5.32 Å². The largest absolute Gasteiger partial charge is 0.379 e. The van der Waals surface area contributed by atoms with Crippen molar-refractivity contribution in [3.63, 3.8) is 0 Å². The smallest absolute Gasteiger partial charge is 0.226 e. The van der Waals surface area contributed by atoms with E-state index in [2.05, 4.69) is 5.32 Å². The zero-order valence-corrected chi connectivity index (χ0v) is 11.0. The Labute approximate surface area is 104 Å². The van der Waals surface area contributed by atoms with Crippen molar-refractivity contribution in [1.29, 1.82) is 0 Å². The summed E-state index contributed by atoms with van der Waals surface area (Å²) in [6.45, 7) is 7.96. The van der Waals surface area contributed by atoms with Gasteiger partial charge in [-0.05, 0) is 26.8 Å². The molecule has 4 nitrogen and oxygen atoms in total. The standard InChI is InChI=1S/C13H23NO3/c1-4-7-12(5-2)14-13(15)8-9-17-11-10-16-6-3/h4-5,7H,6,8-11H2,1-3H3,(H,14,15). The van der Waals surface area contributed by atoms with Gasteiger partial charge in [-0.2, -0.15) is 0 Å². The highest BCUT2D eigenvalue weighted by atomic mass is 16.5. The molecule has 0 rings (SSSR count). The van der Waals surface area contributed by atoms with Crippen LogP contribution in [-0.4, -0.2) is 32.3 Å². The highest BCUT2D eigenvalue weighted by Gasteiger charge is 2.01. The molecule has 0 unspecified atom stereocenters. The second-order valence-electron chi connectivity index (χ2n) is 3.35. The fourth-order valence-electron chi connectivity index (χ4n) is 1.14. The van der Waals surface area contributed by atoms with Gasteiger partial charge in [0.05, 0.1) is 26.2 Å². The number of ether oxygens (including phenoxy) is 2. The summed E-state index contributed by atoms with van der Waals surface area (Å²) in [5, 5.41) is 2.79. The maximum Gasteiger partial charge on any atom is 0.226 e. The predicted octanol–water partition coefficient (Wildman–Crippen LogP) is 2.03. The fourth-order valence-corrected chi connectivity index (χ4v) is 1.14. The first kappa shape index (κ1) is 15.9. The third kappa shape index (κ3) is 9.78. The van der Waals surface area contributed by atoms with E-state index in [9.17, 15) is 4.79 Å². The summed E-state index contributed by atoms with van der Waals surface area (Å²) in [6, 6.07) is 0. The van der Waals surface area contributed by atoms with Crippen molar-refractivity contribution in [2.75, 3.05) is 26.4 Å². The van der Waals surface area contributed by atoms with Gasteiger partial charge in [0.1, 0.15) is 0 Å². The zero-order chi connectivity index (χ0) is 12.9. The molecule has 0 spiro atoms. The number of hydrogen-bond acceptors (Lipinski definition) is 3. The van der Waals surface area contributed by atoms with Crippen LogP contribution < -0.4 is 5.32 Å². The second kappa shape index (κ2) is 11.4. The van der Waals surface area contributed by atoms with Gasteiger partial charge in [0.25, 0.3) is 0 Å². The van der Waals surface area contributed by atoms with Crippen LogP contribution in [-0.2, 0) is 14.3 Å². The maximum absolute atomic E-state index is 11.5. The molecule has 0 aromatic rings. The first-order valence-electron chi connectivity index (χ1n) is 5.98. The normalized spacial score (nSPS) is 12.1. The molecule has 0 aromatic carbocycles. The summed E-state index contributed by atoms with van der Waals surface area (Å²) >= 11 is 0. The summed E-state index contributed by atoms with van der Waals surface area (Å²) in [5.74, 6) is -0.0346. The summed E-state index contributed by atoms with van der Waals surface area (Å²) in [5.41, 5.74) is 0.812. The first-order chi connectivity index (χ1) is 8.24. The van der Waals surface area contributed by atoms with Gasteiger partial charge in [0.15, 0.2) is 0 Å². The number of carbonyl (C=O) groups is 1. The molecule has 0 aromatic heterocycles. The van der Waals surface area contributed by atoms with Crippen LogP contribution in [0.2, 0.25) is 0 Å². The van der Waals surface area contributed by atoms with Crippen molar-refractivity contribution >= 4 is 5.91 Å². The van der Waals surface area contributed by atoms with Crippen LogP contribution in [0.4, 0.5) is 0 Å². The Balaban J connectivity index is 3.59. The average Bonchev–Trinajstić information content (AvgIpc) is 2.33. The Hall–Kier alpha value is -1.13. The molecule has 0 heterocycles. The molecule has 0 bridgehead atoms. The SMILES string of the molecule is CC=CC(=CC)NC(=O)CCOCCOCC. The van der Waals surface area contributed by atoms with Gasteiger partial charge in [-0.25, -0.2) is 0 Å². The molecule has 0 saturated carbocycles. The number of rotatable bonds is 9. The number of carbonyl (C=O) groups excluding carboxylic acids is 1. The molecule has 0 fully saturated rings. The quantitative estimate of drug-likeness (QED) is 0.496. The molecule has 0 atom stereocenters. The van der Waals surface area contributed by atoms with Crippen LogP contribution in [0.5, 0.6) is 0 Å². The van der Waals surface area contributed by atoms with E-state index in [-0.39, 0.29) is 5.91 Å². The zero-order valence-electron chi connectivity index (χ0n) is 11.0. The molecule has 0 aliphatic heterocycles. The van der Waals surface area contributed by atoms with Crippen molar-refractivity contribution in [2.24, 2.45) is 0 Å². The van der Waals surface area contributed by atoms with Crippen LogP contribution in [0.1, 0.15) is 27.2 Å². The Morgan fingerprint density at radius 2 is 1.88 bits per heavy atom. The molecular formula is C13H23NO3. The Kier molecular flexibility index (Phi) is 10.6. The Morgan fingerprint density at radius 1 is 1.18 bits per heavy atom. The van der Waals surface area contributed by atoms with Gasteiger partial charge in [-0.1, -0.05) is 12.2 Å². The van der Waals surface area contributed by atoms with Gasteiger partial charge in [-0.3, -0.25) is 4.79 Å². The van der Waals surface area contributed by atoms with E-state index in [1.165, 1.54) is 0 Å². The van der Waals surface area contributed by atoms with Crippen LogP contribution in [0.25, 0.3) is 0 Å². The maximum atomic E-state index is 11.5. The summed E-state index contributed by atoms with van der Waals surface area (Å²) < 4.78 is 10.4. The molecule has 98 valence electrons. The molecule has 0 aliphatic carbocycles. The van der Waals surface area contributed by atoms with Crippen molar-refractivity contribution in [3.8, 4) is 0 Å². The monoisotopic (exact) mass is 241 g/mol. The van der Waals surface area contributed by atoms with E-state index in [0.29, 0.717) is 32.8 Å². The molecular weight excluding hydrogens is 218 g/mol. The Bertz CT molecular complexity index is 259. The van der Waals surface area contributed by atoms with E-state index < -0.39 is 0 Å². The second-order valence-corrected chi connectivity index (χ2v) is 3.35. The molecule has 0 radical (unpaired) electrons. The first-order valence-corrected chi connectivity index (χ1v) is 5.98. The molecule has 4 heteroatoms. The lowest BCUT2D eigenvalue weighted by Gasteiger charge is -2.06. The van der Waals surface area contributed by atoms with Gasteiger partial charge in [0, 0.05) is 12.3 Å². The topological polar surface area (TPSA) is 47.6 Å². The van der Waals surface area contributed by atoms with Crippen LogP contribution in [0.15, 0.2) is 23.9 Å². The number of allylic oxidation sites excluding steroid dienone is 3. The van der Waals surface area contributed by atoms with Gasteiger partial charge in [-0.15, -0.1) is 0 Å². The minimum atomic E-state index is -0.0346. The summed E-state index contributed by atoms with van der Waals surface area (Å²) in [6.07, 6.45) is 5.96. The molecule has 1 amide bonds. The average molecular weight is 241 g/mol. The number of amides is 1. The minimum Gasteiger partial charge on any atom is -0.379 e. The van der Waals surface area contributed by atoms with Crippen LogP contribution >= 0.6 is 0 Å². The lowest BCUT2D eigenvalue weighted by atomic mass is 10.3. The van der Waals surface area contributed by atoms with Crippen molar-refractivity contribution < 1.29 is 14.3 Å². The van der Waals surface area contributed by atoms with Gasteiger partial charge < -0.3 is 14.8 Å². The highest BCUT2D eigenvalue weighted by molar-refractivity contribution is 5.78. The molecule has 0 saturated heterocycles. The minimum absolute atomic E-state index is 0.0346. The Morgan fingerprint density at radius 3 is 2.47 bits per heavy atom. The number of hydrogen-bond donors (Lipinski definition) is 1. The van der Waals surface area contributed by atoms with E-state index in [1.807, 2.05) is 39.0 Å². The van der Waals surface area contributed by atoms with Crippen molar-refractivity contribution in [3.05, 3.63) is 23.9 Å². The predicted molar refractivity (Wildman–Crippen MR) is 68.6 cm³/mol. The van der Waals surface area contributed by atoms with E-state index in [4.69, 9.17) is 9.47 Å². The third-order valence-corrected chi connectivity index (χ3v) is 1.99. The lowest BCUT2D eigenvalue weighted by Crippen LogP contribution is -2.23. The molecule has 0 aliphatic rings. The number of nitrogens with one attached hydrogen (secondary N) is 1. The third-order valence-electron chi connectivity index (χ3n) is 1.99.